The Labute approximate surface area is 158 Å². The zero-order valence-corrected chi connectivity index (χ0v) is 15.7. The largest absolute Gasteiger partial charge is 0.497 e. The molecule has 2 aromatic carbocycles. The number of ether oxygens (including phenoxy) is 2. The third-order valence-electron chi connectivity index (χ3n) is 4.53. The first kappa shape index (κ1) is 18.7. The van der Waals surface area contributed by atoms with Crippen molar-refractivity contribution in [1.82, 2.24) is 4.57 Å². The molecule has 5 heteroatoms. The lowest BCUT2D eigenvalue weighted by atomic mass is 10.0. The SMILES string of the molecule is COc1ccc(OC)c(C(=O)/C(C)=C/c2ccc3c(ccn3CCO)c2)c1. The quantitative estimate of drug-likeness (QED) is 0.509. The predicted molar refractivity (Wildman–Crippen MR) is 107 cm³/mol. The topological polar surface area (TPSA) is 60.7 Å². The fourth-order valence-electron chi connectivity index (χ4n) is 3.13. The van der Waals surface area contributed by atoms with Gasteiger partial charge in [0.1, 0.15) is 11.5 Å². The number of nitrogens with zero attached hydrogens (tertiary/aromatic N) is 1. The Morgan fingerprint density at radius 1 is 1.11 bits per heavy atom. The number of Topliss-reactive ketones (excluding diaryl/α,β-unsaturated/α-hetero) is 1. The first-order chi connectivity index (χ1) is 13.1. The van der Waals surface area contributed by atoms with E-state index < -0.39 is 0 Å². The van der Waals surface area contributed by atoms with Gasteiger partial charge < -0.3 is 19.1 Å². The molecule has 0 spiro atoms. The molecule has 0 aliphatic heterocycles. The molecule has 1 heterocycles. The molecule has 0 atom stereocenters. The van der Waals surface area contributed by atoms with Crippen molar-refractivity contribution >= 4 is 22.8 Å². The first-order valence-corrected chi connectivity index (χ1v) is 8.72. The number of carbonyl (C=O) groups is 1. The molecule has 3 rings (SSSR count). The molecule has 0 radical (unpaired) electrons. The number of benzene rings is 2. The summed E-state index contributed by atoms with van der Waals surface area (Å²) in [5.74, 6) is 1.02. The normalized spacial score (nSPS) is 11.6. The highest BCUT2D eigenvalue weighted by Gasteiger charge is 2.15. The Morgan fingerprint density at radius 3 is 2.63 bits per heavy atom. The summed E-state index contributed by atoms with van der Waals surface area (Å²) in [7, 11) is 3.11. The van der Waals surface area contributed by atoms with Crippen LogP contribution in [-0.4, -0.2) is 36.3 Å². The number of aliphatic hydroxyl groups is 1. The van der Waals surface area contributed by atoms with E-state index in [9.17, 15) is 4.79 Å². The highest BCUT2D eigenvalue weighted by molar-refractivity contribution is 6.12. The minimum Gasteiger partial charge on any atom is -0.497 e. The average molecular weight is 365 g/mol. The Morgan fingerprint density at radius 2 is 1.93 bits per heavy atom. The molecule has 5 nitrogen and oxygen atoms in total. The summed E-state index contributed by atoms with van der Waals surface area (Å²) < 4.78 is 12.6. The van der Waals surface area contributed by atoms with Gasteiger partial charge in [-0.15, -0.1) is 0 Å². The van der Waals surface area contributed by atoms with E-state index in [1.807, 2.05) is 41.1 Å². The van der Waals surface area contributed by atoms with E-state index in [2.05, 4.69) is 0 Å². The summed E-state index contributed by atoms with van der Waals surface area (Å²) in [5, 5.41) is 10.2. The van der Waals surface area contributed by atoms with Gasteiger partial charge >= 0.3 is 0 Å². The number of fused-ring (bicyclic) bond motifs is 1. The number of allylic oxidation sites excluding steroid dienone is 1. The molecule has 0 aliphatic rings. The van der Waals surface area contributed by atoms with Crippen molar-refractivity contribution in [2.75, 3.05) is 20.8 Å². The monoisotopic (exact) mass is 365 g/mol. The van der Waals surface area contributed by atoms with Gasteiger partial charge in [-0.1, -0.05) is 6.07 Å². The van der Waals surface area contributed by atoms with Gasteiger partial charge in [-0.3, -0.25) is 4.79 Å². The number of hydrogen-bond donors (Lipinski definition) is 1. The number of carbonyl (C=O) groups excluding carboxylic acids is 1. The molecule has 1 aromatic heterocycles. The second-order valence-electron chi connectivity index (χ2n) is 6.27. The molecular weight excluding hydrogens is 342 g/mol. The van der Waals surface area contributed by atoms with E-state index in [1.54, 1.807) is 39.3 Å². The molecule has 27 heavy (non-hydrogen) atoms. The van der Waals surface area contributed by atoms with Crippen LogP contribution in [0.4, 0.5) is 0 Å². The van der Waals surface area contributed by atoms with Gasteiger partial charge in [-0.25, -0.2) is 0 Å². The van der Waals surface area contributed by atoms with Crippen LogP contribution >= 0.6 is 0 Å². The molecule has 3 aromatic rings. The smallest absolute Gasteiger partial charge is 0.192 e. The van der Waals surface area contributed by atoms with Crippen LogP contribution in [0.5, 0.6) is 11.5 Å². The molecular formula is C22H23NO4. The van der Waals surface area contributed by atoms with Crippen molar-refractivity contribution in [3.63, 3.8) is 0 Å². The average Bonchev–Trinajstić information content (AvgIpc) is 3.09. The van der Waals surface area contributed by atoms with Crippen LogP contribution in [0.25, 0.3) is 17.0 Å². The minimum atomic E-state index is -0.108. The lowest BCUT2D eigenvalue weighted by molar-refractivity contribution is 0.103. The Hall–Kier alpha value is -3.05. The lowest BCUT2D eigenvalue weighted by Gasteiger charge is -2.10. The Bertz CT molecular complexity index is 1000. The number of methoxy groups -OCH3 is 2. The van der Waals surface area contributed by atoms with E-state index >= 15 is 0 Å². The molecule has 0 bridgehead atoms. The number of aliphatic hydroxyl groups excluding tert-OH is 1. The molecule has 140 valence electrons. The molecule has 0 saturated heterocycles. The zero-order valence-electron chi connectivity index (χ0n) is 15.7. The zero-order chi connectivity index (χ0) is 19.4. The summed E-state index contributed by atoms with van der Waals surface area (Å²) >= 11 is 0. The fraction of sp³-hybridized carbons (Fsp3) is 0.227. The molecule has 0 saturated carbocycles. The van der Waals surface area contributed by atoms with E-state index in [0.717, 1.165) is 16.5 Å². The van der Waals surface area contributed by atoms with E-state index in [4.69, 9.17) is 14.6 Å². The maximum atomic E-state index is 12.9. The summed E-state index contributed by atoms with van der Waals surface area (Å²) in [6.07, 6.45) is 3.82. The second kappa shape index (κ2) is 8.10. The van der Waals surface area contributed by atoms with Gasteiger partial charge in [0.15, 0.2) is 5.78 Å². The van der Waals surface area contributed by atoms with Crippen LogP contribution in [0.15, 0.2) is 54.2 Å². The van der Waals surface area contributed by atoms with Crippen molar-refractivity contribution in [3.05, 3.63) is 65.4 Å². The van der Waals surface area contributed by atoms with Crippen molar-refractivity contribution in [2.24, 2.45) is 0 Å². The second-order valence-corrected chi connectivity index (χ2v) is 6.27. The molecule has 0 unspecified atom stereocenters. The summed E-state index contributed by atoms with van der Waals surface area (Å²) in [6.45, 7) is 2.45. The maximum Gasteiger partial charge on any atom is 0.192 e. The van der Waals surface area contributed by atoms with E-state index in [1.165, 1.54) is 0 Å². The molecule has 1 N–H and O–H groups in total. The Kier molecular flexibility index (Phi) is 5.62. The van der Waals surface area contributed by atoms with Crippen LogP contribution in [0.3, 0.4) is 0 Å². The molecule has 0 aliphatic carbocycles. The van der Waals surface area contributed by atoms with Crippen LogP contribution in [0, 0.1) is 0 Å². The highest BCUT2D eigenvalue weighted by Crippen LogP contribution is 2.27. The number of ketones is 1. The number of aromatic nitrogens is 1. The third-order valence-corrected chi connectivity index (χ3v) is 4.53. The van der Waals surface area contributed by atoms with Crippen molar-refractivity contribution in [3.8, 4) is 11.5 Å². The first-order valence-electron chi connectivity index (χ1n) is 8.72. The van der Waals surface area contributed by atoms with Gasteiger partial charge in [-0.05, 0) is 60.5 Å². The Balaban J connectivity index is 1.93. The molecule has 0 amide bonds. The summed E-state index contributed by atoms with van der Waals surface area (Å²) in [4.78, 5) is 12.9. The highest BCUT2D eigenvalue weighted by atomic mass is 16.5. The van der Waals surface area contributed by atoms with Gasteiger partial charge in [-0.2, -0.15) is 0 Å². The number of rotatable bonds is 7. The summed E-state index contributed by atoms with van der Waals surface area (Å²) in [6, 6.07) is 13.2. The van der Waals surface area contributed by atoms with Crippen molar-refractivity contribution in [1.29, 1.82) is 0 Å². The van der Waals surface area contributed by atoms with Gasteiger partial charge in [0.05, 0.1) is 26.4 Å². The van der Waals surface area contributed by atoms with Gasteiger partial charge in [0.2, 0.25) is 0 Å². The van der Waals surface area contributed by atoms with Gasteiger partial charge in [0, 0.05) is 23.6 Å². The standard InChI is InChI=1S/C22H23NO4/c1-15(22(25)19-14-18(26-2)5-7-21(19)27-3)12-16-4-6-20-17(13-16)8-9-23(20)10-11-24/h4-9,12-14,24H,10-11H2,1-3H3/b15-12+. The van der Waals surface area contributed by atoms with Crippen molar-refractivity contribution < 1.29 is 19.4 Å². The fourth-order valence-corrected chi connectivity index (χ4v) is 3.13. The van der Waals surface area contributed by atoms with Crippen LogP contribution < -0.4 is 9.47 Å². The summed E-state index contributed by atoms with van der Waals surface area (Å²) in [5.41, 5.74) is 3.08. The maximum absolute atomic E-state index is 12.9. The van der Waals surface area contributed by atoms with Crippen LogP contribution in [0.1, 0.15) is 22.8 Å². The van der Waals surface area contributed by atoms with Crippen LogP contribution in [0.2, 0.25) is 0 Å². The predicted octanol–water partition coefficient (Wildman–Crippen LogP) is 3.94. The van der Waals surface area contributed by atoms with E-state index in [-0.39, 0.29) is 12.4 Å². The van der Waals surface area contributed by atoms with E-state index in [0.29, 0.717) is 29.2 Å². The van der Waals surface area contributed by atoms with Gasteiger partial charge in [0.25, 0.3) is 0 Å². The third kappa shape index (κ3) is 3.88. The lowest BCUT2D eigenvalue weighted by Crippen LogP contribution is -2.04. The van der Waals surface area contributed by atoms with Crippen LogP contribution in [-0.2, 0) is 6.54 Å². The molecule has 0 fully saturated rings. The minimum absolute atomic E-state index is 0.0986. The number of hydrogen-bond acceptors (Lipinski definition) is 4. The van der Waals surface area contributed by atoms with Crippen molar-refractivity contribution in [2.45, 2.75) is 13.5 Å².